The Balaban J connectivity index is 1.63. The lowest BCUT2D eigenvalue weighted by Crippen LogP contribution is -2.54. The van der Waals surface area contributed by atoms with Crippen molar-refractivity contribution in [1.29, 1.82) is 0 Å². The number of phenolic OH excluding ortho intramolecular Hbond substituents is 1. The van der Waals surface area contributed by atoms with Gasteiger partial charge in [-0.15, -0.1) is 0 Å². The molecule has 0 radical (unpaired) electrons. The lowest BCUT2D eigenvalue weighted by molar-refractivity contribution is 0.0453. The summed E-state index contributed by atoms with van der Waals surface area (Å²) in [5.41, 5.74) is 1.06. The molecule has 18 heavy (non-hydrogen) atoms. The Labute approximate surface area is 109 Å². The maximum absolute atomic E-state index is 9.84. The Morgan fingerprint density at radius 2 is 2.00 bits per heavy atom. The van der Waals surface area contributed by atoms with Crippen LogP contribution in [0.2, 0.25) is 0 Å². The summed E-state index contributed by atoms with van der Waals surface area (Å²) in [5, 5.41) is 9.84. The molecular formula is C15H22N2O. The van der Waals surface area contributed by atoms with Gasteiger partial charge in [-0.1, -0.05) is 24.6 Å². The highest BCUT2D eigenvalue weighted by Crippen LogP contribution is 2.24. The van der Waals surface area contributed by atoms with Crippen LogP contribution >= 0.6 is 0 Å². The summed E-state index contributed by atoms with van der Waals surface area (Å²) in [7, 11) is 0. The van der Waals surface area contributed by atoms with Crippen LogP contribution in [0.1, 0.15) is 24.8 Å². The molecule has 0 bridgehead atoms. The molecule has 1 aromatic carbocycles. The van der Waals surface area contributed by atoms with Gasteiger partial charge in [-0.2, -0.15) is 0 Å². The van der Waals surface area contributed by atoms with Crippen LogP contribution in [0, 0.1) is 0 Å². The maximum atomic E-state index is 9.84. The molecule has 1 unspecified atom stereocenters. The van der Waals surface area contributed by atoms with E-state index in [0.717, 1.165) is 31.2 Å². The molecule has 2 heterocycles. The number of fused-ring (bicyclic) bond motifs is 1. The van der Waals surface area contributed by atoms with Gasteiger partial charge in [-0.25, -0.2) is 0 Å². The highest BCUT2D eigenvalue weighted by atomic mass is 16.3. The summed E-state index contributed by atoms with van der Waals surface area (Å²) >= 11 is 0. The SMILES string of the molecule is Oc1ccccc1CN1CCN2CCCCC2C1. The molecule has 3 rings (SSSR count). The second-order valence-electron chi connectivity index (χ2n) is 5.55. The van der Waals surface area contributed by atoms with Crippen molar-refractivity contribution in [3.05, 3.63) is 29.8 Å². The molecule has 1 N–H and O–H groups in total. The standard InChI is InChI=1S/C15H22N2O/c18-15-7-2-1-5-13(15)11-16-9-10-17-8-4-3-6-14(17)12-16/h1-2,5,7,14,18H,3-4,6,8-12H2. The van der Waals surface area contributed by atoms with E-state index in [1.807, 2.05) is 18.2 Å². The Kier molecular flexibility index (Phi) is 3.52. The lowest BCUT2D eigenvalue weighted by Gasteiger charge is -2.44. The van der Waals surface area contributed by atoms with Crippen molar-refractivity contribution in [2.75, 3.05) is 26.2 Å². The Morgan fingerprint density at radius 3 is 2.89 bits per heavy atom. The fourth-order valence-electron chi connectivity index (χ4n) is 3.25. The molecule has 1 atom stereocenters. The first-order chi connectivity index (χ1) is 8.83. The van der Waals surface area contributed by atoms with E-state index in [4.69, 9.17) is 0 Å². The van der Waals surface area contributed by atoms with Gasteiger partial charge in [0.15, 0.2) is 0 Å². The third-order valence-corrected chi connectivity index (χ3v) is 4.31. The molecule has 3 heteroatoms. The fraction of sp³-hybridized carbons (Fsp3) is 0.600. The lowest BCUT2D eigenvalue weighted by atomic mass is 9.99. The summed E-state index contributed by atoms with van der Waals surface area (Å²) < 4.78 is 0. The van der Waals surface area contributed by atoms with Gasteiger partial charge < -0.3 is 5.11 Å². The van der Waals surface area contributed by atoms with Gasteiger partial charge in [0.2, 0.25) is 0 Å². The first-order valence-electron chi connectivity index (χ1n) is 7.06. The molecular weight excluding hydrogens is 224 g/mol. The minimum atomic E-state index is 0.434. The zero-order chi connectivity index (χ0) is 12.4. The molecule has 0 spiro atoms. The Hall–Kier alpha value is -1.06. The zero-order valence-corrected chi connectivity index (χ0v) is 10.9. The minimum absolute atomic E-state index is 0.434. The number of hydrogen-bond donors (Lipinski definition) is 1. The normalized spacial score (nSPS) is 25.9. The molecule has 2 saturated heterocycles. The molecule has 2 aliphatic heterocycles. The van der Waals surface area contributed by atoms with Gasteiger partial charge in [0.25, 0.3) is 0 Å². The predicted molar refractivity (Wildman–Crippen MR) is 72.6 cm³/mol. The number of phenols is 1. The van der Waals surface area contributed by atoms with Crippen molar-refractivity contribution in [2.24, 2.45) is 0 Å². The number of para-hydroxylation sites is 1. The van der Waals surface area contributed by atoms with E-state index in [1.165, 1.54) is 32.4 Å². The largest absolute Gasteiger partial charge is 0.508 e. The minimum Gasteiger partial charge on any atom is -0.508 e. The van der Waals surface area contributed by atoms with Crippen molar-refractivity contribution in [3.8, 4) is 5.75 Å². The van der Waals surface area contributed by atoms with Crippen molar-refractivity contribution in [2.45, 2.75) is 31.8 Å². The van der Waals surface area contributed by atoms with E-state index in [0.29, 0.717) is 5.75 Å². The van der Waals surface area contributed by atoms with E-state index in [-0.39, 0.29) is 0 Å². The van der Waals surface area contributed by atoms with Gasteiger partial charge in [-0.05, 0) is 25.5 Å². The van der Waals surface area contributed by atoms with Crippen LogP contribution in [0.3, 0.4) is 0 Å². The predicted octanol–water partition coefficient (Wildman–Crippen LogP) is 2.06. The smallest absolute Gasteiger partial charge is 0.120 e. The number of rotatable bonds is 2. The van der Waals surface area contributed by atoms with Crippen LogP contribution < -0.4 is 0 Å². The van der Waals surface area contributed by atoms with Crippen molar-refractivity contribution >= 4 is 0 Å². The van der Waals surface area contributed by atoms with Gasteiger partial charge in [0.1, 0.15) is 5.75 Å². The third kappa shape index (κ3) is 2.52. The van der Waals surface area contributed by atoms with Crippen molar-refractivity contribution in [3.63, 3.8) is 0 Å². The highest BCUT2D eigenvalue weighted by Gasteiger charge is 2.28. The van der Waals surface area contributed by atoms with Gasteiger partial charge in [0, 0.05) is 37.8 Å². The van der Waals surface area contributed by atoms with E-state index >= 15 is 0 Å². The first-order valence-corrected chi connectivity index (χ1v) is 7.06. The number of hydrogen-bond acceptors (Lipinski definition) is 3. The van der Waals surface area contributed by atoms with Crippen LogP contribution in [-0.2, 0) is 6.54 Å². The first kappa shape index (κ1) is 12.0. The molecule has 0 aromatic heterocycles. The van der Waals surface area contributed by atoms with Gasteiger partial charge in [0.05, 0.1) is 0 Å². The summed E-state index contributed by atoms with van der Waals surface area (Å²) in [6.07, 6.45) is 4.10. The van der Waals surface area contributed by atoms with Crippen molar-refractivity contribution in [1.82, 2.24) is 9.80 Å². The second-order valence-corrected chi connectivity index (χ2v) is 5.55. The van der Waals surface area contributed by atoms with E-state index < -0.39 is 0 Å². The van der Waals surface area contributed by atoms with Crippen LogP contribution in [0.5, 0.6) is 5.75 Å². The molecule has 98 valence electrons. The van der Waals surface area contributed by atoms with Crippen LogP contribution in [0.15, 0.2) is 24.3 Å². The van der Waals surface area contributed by atoms with E-state index in [1.54, 1.807) is 6.07 Å². The monoisotopic (exact) mass is 246 g/mol. The number of benzene rings is 1. The number of piperazine rings is 1. The van der Waals surface area contributed by atoms with Crippen molar-refractivity contribution < 1.29 is 5.11 Å². The average molecular weight is 246 g/mol. The molecule has 1 aromatic rings. The second kappa shape index (κ2) is 5.29. The molecule has 2 fully saturated rings. The molecule has 3 nitrogen and oxygen atoms in total. The molecule has 2 aliphatic rings. The molecule has 0 amide bonds. The van der Waals surface area contributed by atoms with Gasteiger partial charge >= 0.3 is 0 Å². The number of nitrogens with zero attached hydrogens (tertiary/aromatic N) is 2. The summed E-state index contributed by atoms with van der Waals surface area (Å²) in [5.74, 6) is 0.434. The average Bonchev–Trinajstić information content (AvgIpc) is 2.41. The summed E-state index contributed by atoms with van der Waals surface area (Å²) in [6.45, 7) is 5.66. The number of piperidine rings is 1. The van der Waals surface area contributed by atoms with E-state index in [9.17, 15) is 5.11 Å². The van der Waals surface area contributed by atoms with Crippen LogP contribution in [-0.4, -0.2) is 47.1 Å². The summed E-state index contributed by atoms with van der Waals surface area (Å²) in [4.78, 5) is 5.13. The summed E-state index contributed by atoms with van der Waals surface area (Å²) in [6, 6.07) is 8.46. The van der Waals surface area contributed by atoms with Gasteiger partial charge in [-0.3, -0.25) is 9.80 Å². The maximum Gasteiger partial charge on any atom is 0.120 e. The van der Waals surface area contributed by atoms with Crippen LogP contribution in [0.4, 0.5) is 0 Å². The third-order valence-electron chi connectivity index (χ3n) is 4.31. The van der Waals surface area contributed by atoms with E-state index in [2.05, 4.69) is 9.80 Å². The Bertz CT molecular complexity index is 407. The quantitative estimate of drug-likeness (QED) is 0.865. The zero-order valence-electron chi connectivity index (χ0n) is 10.9. The fourth-order valence-corrected chi connectivity index (χ4v) is 3.25. The highest BCUT2D eigenvalue weighted by molar-refractivity contribution is 5.31. The van der Waals surface area contributed by atoms with Crippen LogP contribution in [0.25, 0.3) is 0 Å². The topological polar surface area (TPSA) is 26.7 Å². The Morgan fingerprint density at radius 1 is 1.11 bits per heavy atom. The number of aromatic hydroxyl groups is 1. The molecule has 0 aliphatic carbocycles. The molecule has 0 saturated carbocycles.